The molecule has 1 N–H and O–H groups in total. The van der Waals surface area contributed by atoms with Gasteiger partial charge in [-0.25, -0.2) is 4.39 Å². The number of methoxy groups -OCH3 is 1. The van der Waals surface area contributed by atoms with Crippen LogP contribution in [0.1, 0.15) is 24.1 Å². The lowest BCUT2D eigenvalue weighted by molar-refractivity contribution is 0.0587. The lowest BCUT2D eigenvalue weighted by Crippen LogP contribution is -2.26. The topological polar surface area (TPSA) is 30.5 Å². The van der Waals surface area contributed by atoms with Crippen molar-refractivity contribution in [1.82, 2.24) is 5.32 Å². The molecule has 0 spiro atoms. The molecule has 1 aromatic rings. The Hall–Kier alpha value is -0.970. The van der Waals surface area contributed by atoms with Gasteiger partial charge in [0.15, 0.2) is 0 Å². The van der Waals surface area contributed by atoms with E-state index in [9.17, 15) is 4.39 Å². The van der Waals surface area contributed by atoms with Crippen molar-refractivity contribution in [1.29, 1.82) is 0 Å². The molecule has 0 bridgehead atoms. The molecule has 1 aromatic carbocycles. The fraction of sp³-hybridized carbons (Fsp3) is 0.571. The van der Waals surface area contributed by atoms with Gasteiger partial charge in [0, 0.05) is 7.11 Å². The maximum absolute atomic E-state index is 13.4. The predicted molar refractivity (Wildman–Crippen MR) is 70.2 cm³/mol. The Bertz CT molecular complexity index is 337. The molecule has 0 aliphatic rings. The van der Waals surface area contributed by atoms with Crippen molar-refractivity contribution in [3.8, 4) is 0 Å². The molecule has 1 rings (SSSR count). The van der Waals surface area contributed by atoms with Crippen molar-refractivity contribution in [3.63, 3.8) is 0 Å². The molecule has 1 atom stereocenters. The van der Waals surface area contributed by atoms with Crippen LogP contribution in [0.15, 0.2) is 18.2 Å². The molecule has 0 aliphatic carbocycles. The zero-order valence-corrected chi connectivity index (χ0v) is 11.3. The van der Waals surface area contributed by atoms with Crippen LogP contribution in [-0.2, 0) is 9.47 Å². The molecule has 0 saturated heterocycles. The van der Waals surface area contributed by atoms with E-state index in [1.54, 1.807) is 13.2 Å². The number of nitrogens with one attached hydrogen (secondary N) is 1. The molecule has 0 amide bonds. The SMILES string of the molecule is CCNC(COCCOC)c1cc(C)cc(F)c1. The summed E-state index contributed by atoms with van der Waals surface area (Å²) in [4.78, 5) is 0. The summed E-state index contributed by atoms with van der Waals surface area (Å²) in [5, 5.41) is 3.30. The van der Waals surface area contributed by atoms with Crippen LogP contribution in [0, 0.1) is 12.7 Å². The third-order valence-electron chi connectivity index (χ3n) is 2.63. The number of hydrogen-bond acceptors (Lipinski definition) is 3. The van der Waals surface area contributed by atoms with Gasteiger partial charge in [0.2, 0.25) is 0 Å². The van der Waals surface area contributed by atoms with Gasteiger partial charge in [0.25, 0.3) is 0 Å². The summed E-state index contributed by atoms with van der Waals surface area (Å²) in [5.74, 6) is -0.204. The van der Waals surface area contributed by atoms with Crippen LogP contribution >= 0.6 is 0 Å². The first-order valence-corrected chi connectivity index (χ1v) is 6.24. The van der Waals surface area contributed by atoms with Gasteiger partial charge in [-0.3, -0.25) is 0 Å². The Labute approximate surface area is 108 Å². The summed E-state index contributed by atoms with van der Waals surface area (Å²) < 4.78 is 23.8. The number of aryl methyl sites for hydroxylation is 1. The molecule has 0 fully saturated rings. The maximum Gasteiger partial charge on any atom is 0.123 e. The van der Waals surface area contributed by atoms with E-state index in [-0.39, 0.29) is 11.9 Å². The standard InChI is InChI=1S/C14H22FNO2/c1-4-16-14(10-18-6-5-17-3)12-7-11(2)8-13(15)9-12/h7-9,14,16H,4-6,10H2,1-3H3. The second-order valence-electron chi connectivity index (χ2n) is 4.24. The second kappa shape index (κ2) is 8.19. The van der Waals surface area contributed by atoms with Gasteiger partial charge in [0.1, 0.15) is 5.82 Å². The highest BCUT2D eigenvalue weighted by atomic mass is 19.1. The van der Waals surface area contributed by atoms with Crippen molar-refractivity contribution in [2.45, 2.75) is 19.9 Å². The molecule has 102 valence electrons. The first-order chi connectivity index (χ1) is 8.67. The van der Waals surface area contributed by atoms with Gasteiger partial charge in [-0.15, -0.1) is 0 Å². The van der Waals surface area contributed by atoms with Crippen LogP contribution in [0.2, 0.25) is 0 Å². The van der Waals surface area contributed by atoms with Crippen molar-refractivity contribution < 1.29 is 13.9 Å². The van der Waals surface area contributed by atoms with Crippen molar-refractivity contribution in [2.75, 3.05) is 33.5 Å². The molecule has 3 nitrogen and oxygen atoms in total. The zero-order chi connectivity index (χ0) is 13.4. The molecule has 0 saturated carbocycles. The monoisotopic (exact) mass is 255 g/mol. The highest BCUT2D eigenvalue weighted by Gasteiger charge is 2.12. The number of halogens is 1. The summed E-state index contributed by atoms with van der Waals surface area (Å²) in [6, 6.07) is 5.08. The number of rotatable bonds is 8. The lowest BCUT2D eigenvalue weighted by atomic mass is 10.0. The van der Waals surface area contributed by atoms with Crippen LogP contribution in [0.3, 0.4) is 0 Å². The van der Waals surface area contributed by atoms with E-state index >= 15 is 0 Å². The largest absolute Gasteiger partial charge is 0.382 e. The minimum absolute atomic E-state index is 0.0151. The van der Waals surface area contributed by atoms with Crippen molar-refractivity contribution in [2.24, 2.45) is 0 Å². The summed E-state index contributed by atoms with van der Waals surface area (Å²) >= 11 is 0. The summed E-state index contributed by atoms with van der Waals surface area (Å²) in [7, 11) is 1.64. The first kappa shape index (κ1) is 15.1. The van der Waals surface area contributed by atoms with E-state index in [0.29, 0.717) is 19.8 Å². The zero-order valence-electron chi connectivity index (χ0n) is 11.3. The number of ether oxygens (including phenoxy) is 2. The molecule has 1 unspecified atom stereocenters. The number of benzene rings is 1. The first-order valence-electron chi connectivity index (χ1n) is 6.24. The average molecular weight is 255 g/mol. The molecule has 0 aliphatic heterocycles. The van der Waals surface area contributed by atoms with E-state index in [4.69, 9.17) is 9.47 Å². The molecular weight excluding hydrogens is 233 g/mol. The van der Waals surface area contributed by atoms with Crippen molar-refractivity contribution >= 4 is 0 Å². The molecule has 4 heteroatoms. The van der Waals surface area contributed by atoms with Crippen LogP contribution in [0.4, 0.5) is 4.39 Å². The summed E-state index contributed by atoms with van der Waals surface area (Å²) in [5.41, 5.74) is 1.84. The van der Waals surface area contributed by atoms with E-state index in [1.807, 2.05) is 19.9 Å². The molecule has 0 aromatic heterocycles. The van der Waals surface area contributed by atoms with E-state index in [2.05, 4.69) is 5.32 Å². The van der Waals surface area contributed by atoms with Gasteiger partial charge in [-0.2, -0.15) is 0 Å². The minimum Gasteiger partial charge on any atom is -0.382 e. The van der Waals surface area contributed by atoms with Gasteiger partial charge in [-0.1, -0.05) is 13.0 Å². The average Bonchev–Trinajstić information content (AvgIpc) is 2.32. The Morgan fingerprint density at radius 2 is 2.06 bits per heavy atom. The van der Waals surface area contributed by atoms with Gasteiger partial charge in [0.05, 0.1) is 25.9 Å². The summed E-state index contributed by atoms with van der Waals surface area (Å²) in [6.07, 6.45) is 0. The normalized spacial score (nSPS) is 12.7. The molecule has 0 radical (unpaired) electrons. The van der Waals surface area contributed by atoms with Crippen LogP contribution in [0.25, 0.3) is 0 Å². The number of hydrogen-bond donors (Lipinski definition) is 1. The lowest BCUT2D eigenvalue weighted by Gasteiger charge is -2.19. The van der Waals surface area contributed by atoms with Gasteiger partial charge < -0.3 is 14.8 Å². The summed E-state index contributed by atoms with van der Waals surface area (Å²) in [6.45, 7) is 6.36. The van der Waals surface area contributed by atoms with E-state index in [0.717, 1.165) is 17.7 Å². The van der Waals surface area contributed by atoms with Crippen LogP contribution < -0.4 is 5.32 Å². The highest BCUT2D eigenvalue weighted by Crippen LogP contribution is 2.17. The number of likely N-dealkylation sites (N-methyl/N-ethyl adjacent to an activating group) is 1. The minimum atomic E-state index is -0.204. The molecular formula is C14H22FNO2. The Kier molecular flexibility index (Phi) is 6.86. The predicted octanol–water partition coefficient (Wildman–Crippen LogP) is 2.45. The second-order valence-corrected chi connectivity index (χ2v) is 4.24. The fourth-order valence-electron chi connectivity index (χ4n) is 1.83. The molecule has 18 heavy (non-hydrogen) atoms. The van der Waals surface area contributed by atoms with Crippen LogP contribution in [0.5, 0.6) is 0 Å². The maximum atomic E-state index is 13.4. The fourth-order valence-corrected chi connectivity index (χ4v) is 1.83. The van der Waals surface area contributed by atoms with Crippen LogP contribution in [-0.4, -0.2) is 33.5 Å². The van der Waals surface area contributed by atoms with Gasteiger partial charge >= 0.3 is 0 Å². The highest BCUT2D eigenvalue weighted by molar-refractivity contribution is 5.26. The molecule has 0 heterocycles. The Morgan fingerprint density at radius 3 is 2.67 bits per heavy atom. The third kappa shape index (κ3) is 5.12. The smallest absolute Gasteiger partial charge is 0.123 e. The van der Waals surface area contributed by atoms with E-state index < -0.39 is 0 Å². The Morgan fingerprint density at radius 1 is 1.28 bits per heavy atom. The van der Waals surface area contributed by atoms with Gasteiger partial charge in [-0.05, 0) is 36.7 Å². The quantitative estimate of drug-likeness (QED) is 0.724. The van der Waals surface area contributed by atoms with Crippen molar-refractivity contribution in [3.05, 3.63) is 35.1 Å². The Balaban J connectivity index is 2.64. The van der Waals surface area contributed by atoms with E-state index in [1.165, 1.54) is 6.07 Å². The third-order valence-corrected chi connectivity index (χ3v) is 2.63.